The zero-order chi connectivity index (χ0) is 10.8. The lowest BCUT2D eigenvalue weighted by molar-refractivity contribution is -0.152. The van der Waals surface area contributed by atoms with Gasteiger partial charge in [0.05, 0.1) is 25.2 Å². The van der Waals surface area contributed by atoms with Crippen LogP contribution in [0.15, 0.2) is 0 Å². The lowest BCUT2D eigenvalue weighted by Crippen LogP contribution is -2.50. The maximum Gasteiger partial charge on any atom is 0.0666 e. The van der Waals surface area contributed by atoms with Crippen LogP contribution in [-0.4, -0.2) is 13.2 Å². The van der Waals surface area contributed by atoms with Gasteiger partial charge in [0.25, 0.3) is 0 Å². The van der Waals surface area contributed by atoms with Crippen LogP contribution in [0.4, 0.5) is 0 Å². The van der Waals surface area contributed by atoms with Crippen molar-refractivity contribution in [3.8, 4) is 6.07 Å². The van der Waals surface area contributed by atoms with Gasteiger partial charge in [0.1, 0.15) is 0 Å². The van der Waals surface area contributed by atoms with Crippen molar-refractivity contribution in [3.63, 3.8) is 0 Å². The monoisotopic (exact) mass is 195 g/mol. The summed E-state index contributed by atoms with van der Waals surface area (Å²) in [6, 6.07) is 2.47. The molecule has 0 spiro atoms. The minimum Gasteiger partial charge on any atom is -0.380 e. The van der Waals surface area contributed by atoms with Crippen LogP contribution in [0.1, 0.15) is 34.1 Å². The Morgan fingerprint density at radius 3 is 2.07 bits per heavy atom. The molecule has 2 heteroatoms. The van der Waals surface area contributed by atoms with Crippen molar-refractivity contribution in [2.45, 2.75) is 34.1 Å². The van der Waals surface area contributed by atoms with Gasteiger partial charge in [-0.25, -0.2) is 0 Å². The van der Waals surface area contributed by atoms with E-state index in [1.165, 1.54) is 0 Å². The number of nitrogens with zero attached hydrogens (tertiary/aromatic N) is 1. The van der Waals surface area contributed by atoms with E-state index in [1.54, 1.807) is 0 Å². The smallest absolute Gasteiger partial charge is 0.0666 e. The highest BCUT2D eigenvalue weighted by atomic mass is 16.5. The predicted octanol–water partition coefficient (Wildman–Crippen LogP) is 2.84. The van der Waals surface area contributed by atoms with Crippen molar-refractivity contribution in [2.24, 2.45) is 23.2 Å². The molecular weight excluding hydrogens is 174 g/mol. The van der Waals surface area contributed by atoms with E-state index in [-0.39, 0.29) is 11.3 Å². The minimum absolute atomic E-state index is 0.150. The van der Waals surface area contributed by atoms with Gasteiger partial charge in [0.2, 0.25) is 0 Å². The van der Waals surface area contributed by atoms with E-state index in [1.807, 2.05) is 0 Å². The highest BCUT2D eigenvalue weighted by Crippen LogP contribution is 2.44. The van der Waals surface area contributed by atoms with E-state index in [0.717, 1.165) is 19.6 Å². The first-order chi connectivity index (χ1) is 6.52. The number of nitriles is 1. The van der Waals surface area contributed by atoms with Crippen LogP contribution in [0.3, 0.4) is 0 Å². The zero-order valence-corrected chi connectivity index (χ0v) is 9.71. The van der Waals surface area contributed by atoms with Crippen molar-refractivity contribution in [1.29, 1.82) is 5.26 Å². The fourth-order valence-corrected chi connectivity index (χ4v) is 2.59. The first-order valence-electron chi connectivity index (χ1n) is 5.49. The molecule has 1 unspecified atom stereocenters. The molecule has 1 aliphatic rings. The molecule has 0 amide bonds. The van der Waals surface area contributed by atoms with Crippen molar-refractivity contribution in [2.75, 3.05) is 13.2 Å². The van der Waals surface area contributed by atoms with Crippen LogP contribution in [0, 0.1) is 34.5 Å². The SMILES string of the molecule is CC(C)CC1(C(C#N)C(C)C)COC1. The summed E-state index contributed by atoms with van der Waals surface area (Å²) in [4.78, 5) is 0. The largest absolute Gasteiger partial charge is 0.380 e. The summed E-state index contributed by atoms with van der Waals surface area (Å²) in [5.41, 5.74) is 0.150. The molecular formula is C12H21NO. The highest BCUT2D eigenvalue weighted by molar-refractivity contribution is 5.03. The number of ether oxygens (including phenoxy) is 1. The fourth-order valence-electron chi connectivity index (χ4n) is 2.59. The van der Waals surface area contributed by atoms with Gasteiger partial charge in [-0.2, -0.15) is 5.26 Å². The van der Waals surface area contributed by atoms with E-state index in [4.69, 9.17) is 4.74 Å². The van der Waals surface area contributed by atoms with Gasteiger partial charge in [0.15, 0.2) is 0 Å². The minimum atomic E-state index is 0.150. The Labute approximate surface area is 87.3 Å². The van der Waals surface area contributed by atoms with Gasteiger partial charge in [-0.15, -0.1) is 0 Å². The molecule has 1 saturated heterocycles. The summed E-state index contributed by atoms with van der Waals surface area (Å²) in [7, 11) is 0. The summed E-state index contributed by atoms with van der Waals surface area (Å²) in [6.45, 7) is 10.3. The van der Waals surface area contributed by atoms with E-state index in [9.17, 15) is 5.26 Å². The molecule has 1 heterocycles. The third-order valence-electron chi connectivity index (χ3n) is 3.06. The fraction of sp³-hybridized carbons (Fsp3) is 0.917. The Kier molecular flexibility index (Phi) is 3.55. The van der Waals surface area contributed by atoms with E-state index >= 15 is 0 Å². The molecule has 1 rings (SSSR count). The molecule has 0 bridgehead atoms. The summed E-state index contributed by atoms with van der Waals surface area (Å²) in [5, 5.41) is 9.20. The number of hydrogen-bond acceptors (Lipinski definition) is 2. The lowest BCUT2D eigenvalue weighted by atomic mass is 9.65. The molecule has 0 N–H and O–H groups in total. The average molecular weight is 195 g/mol. The van der Waals surface area contributed by atoms with E-state index < -0.39 is 0 Å². The molecule has 0 aromatic carbocycles. The maximum atomic E-state index is 9.20. The Bertz CT molecular complexity index is 223. The van der Waals surface area contributed by atoms with E-state index in [0.29, 0.717) is 11.8 Å². The second-order valence-electron chi connectivity index (χ2n) is 5.30. The number of rotatable bonds is 4. The summed E-state index contributed by atoms with van der Waals surface area (Å²) in [6.07, 6.45) is 1.11. The van der Waals surface area contributed by atoms with Gasteiger partial charge in [0, 0.05) is 5.41 Å². The molecule has 2 nitrogen and oxygen atoms in total. The molecule has 0 aromatic heterocycles. The van der Waals surface area contributed by atoms with Crippen molar-refractivity contribution in [1.82, 2.24) is 0 Å². The van der Waals surface area contributed by atoms with Crippen molar-refractivity contribution >= 4 is 0 Å². The van der Waals surface area contributed by atoms with Gasteiger partial charge in [-0.1, -0.05) is 27.7 Å². The normalized spacial score (nSPS) is 21.8. The lowest BCUT2D eigenvalue weighted by Gasteiger charge is -2.47. The zero-order valence-electron chi connectivity index (χ0n) is 9.71. The molecule has 0 saturated carbocycles. The highest BCUT2D eigenvalue weighted by Gasteiger charge is 2.47. The Hall–Kier alpha value is -0.550. The molecule has 1 atom stereocenters. The van der Waals surface area contributed by atoms with Gasteiger partial charge >= 0.3 is 0 Å². The Balaban J connectivity index is 2.73. The van der Waals surface area contributed by atoms with Crippen molar-refractivity contribution < 1.29 is 4.74 Å². The van der Waals surface area contributed by atoms with Gasteiger partial charge < -0.3 is 4.74 Å². The third-order valence-corrected chi connectivity index (χ3v) is 3.06. The average Bonchev–Trinajstić information content (AvgIpc) is 1.99. The number of hydrogen-bond donors (Lipinski definition) is 0. The summed E-state index contributed by atoms with van der Waals surface area (Å²) >= 11 is 0. The summed E-state index contributed by atoms with van der Waals surface area (Å²) in [5.74, 6) is 1.23. The van der Waals surface area contributed by atoms with Gasteiger partial charge in [-0.05, 0) is 18.3 Å². The van der Waals surface area contributed by atoms with Crippen LogP contribution < -0.4 is 0 Å². The Morgan fingerprint density at radius 1 is 1.29 bits per heavy atom. The van der Waals surface area contributed by atoms with Crippen LogP contribution in [-0.2, 0) is 4.74 Å². The van der Waals surface area contributed by atoms with Crippen molar-refractivity contribution in [3.05, 3.63) is 0 Å². The van der Waals surface area contributed by atoms with Gasteiger partial charge in [-0.3, -0.25) is 0 Å². The van der Waals surface area contributed by atoms with Crippen LogP contribution in [0.5, 0.6) is 0 Å². The summed E-state index contributed by atoms with van der Waals surface area (Å²) < 4.78 is 5.32. The molecule has 0 radical (unpaired) electrons. The maximum absolute atomic E-state index is 9.20. The van der Waals surface area contributed by atoms with Crippen LogP contribution >= 0.6 is 0 Å². The molecule has 80 valence electrons. The molecule has 1 fully saturated rings. The quantitative estimate of drug-likeness (QED) is 0.691. The Morgan fingerprint density at radius 2 is 1.86 bits per heavy atom. The second-order valence-corrected chi connectivity index (χ2v) is 5.30. The van der Waals surface area contributed by atoms with Crippen LogP contribution in [0.25, 0.3) is 0 Å². The molecule has 0 aromatic rings. The predicted molar refractivity (Wildman–Crippen MR) is 56.6 cm³/mol. The molecule has 0 aliphatic carbocycles. The third kappa shape index (κ3) is 2.09. The second kappa shape index (κ2) is 4.31. The topological polar surface area (TPSA) is 33.0 Å². The molecule has 1 aliphatic heterocycles. The van der Waals surface area contributed by atoms with Crippen LogP contribution in [0.2, 0.25) is 0 Å². The standard InChI is InChI=1S/C12H21NO/c1-9(2)5-12(7-14-8-12)11(6-13)10(3)4/h9-11H,5,7-8H2,1-4H3. The van der Waals surface area contributed by atoms with E-state index in [2.05, 4.69) is 33.8 Å². The molecule has 14 heavy (non-hydrogen) atoms. The first-order valence-corrected chi connectivity index (χ1v) is 5.49. The first kappa shape index (κ1) is 11.5.